The zero-order valence-electron chi connectivity index (χ0n) is 12.0. The molecule has 2 aromatic carbocycles. The summed E-state index contributed by atoms with van der Waals surface area (Å²) in [6.07, 6.45) is -3.15. The average molecular weight is 427 g/mol. The van der Waals surface area contributed by atoms with Gasteiger partial charge in [-0.2, -0.15) is 13.2 Å². The maximum absolute atomic E-state index is 13.3. The average Bonchev–Trinajstić information content (AvgIpc) is 2.86. The van der Waals surface area contributed by atoms with Gasteiger partial charge >= 0.3 is 6.18 Å². The standard InChI is InChI=1S/C18H13F3IN/c19-18(20,21)15-12-23(11-13-7-3-1-4-8-13)17(16(15)22)14-9-5-2-6-10-14/h1-10,12H,11H2. The molecule has 0 saturated heterocycles. The van der Waals surface area contributed by atoms with Crippen LogP contribution in [-0.4, -0.2) is 4.57 Å². The van der Waals surface area contributed by atoms with Crippen molar-refractivity contribution in [3.63, 3.8) is 0 Å². The normalized spacial score (nSPS) is 11.7. The molecule has 1 nitrogen and oxygen atoms in total. The lowest BCUT2D eigenvalue weighted by atomic mass is 10.1. The van der Waals surface area contributed by atoms with Crippen molar-refractivity contribution in [3.05, 3.63) is 81.6 Å². The fraction of sp³-hybridized carbons (Fsp3) is 0.111. The summed E-state index contributed by atoms with van der Waals surface area (Å²) in [4.78, 5) is 0. The lowest BCUT2D eigenvalue weighted by Crippen LogP contribution is -2.05. The zero-order valence-corrected chi connectivity index (χ0v) is 14.2. The molecule has 0 aliphatic heterocycles. The molecule has 0 atom stereocenters. The molecule has 0 N–H and O–H groups in total. The predicted octanol–water partition coefficient (Wildman–Crippen LogP) is 5.83. The van der Waals surface area contributed by atoms with Crippen LogP contribution in [0.2, 0.25) is 0 Å². The second kappa shape index (κ2) is 6.39. The van der Waals surface area contributed by atoms with Gasteiger partial charge in [0.15, 0.2) is 0 Å². The Kier molecular flexibility index (Phi) is 4.48. The molecule has 0 amide bonds. The van der Waals surface area contributed by atoms with Crippen molar-refractivity contribution < 1.29 is 13.2 Å². The van der Waals surface area contributed by atoms with Crippen molar-refractivity contribution in [1.29, 1.82) is 0 Å². The topological polar surface area (TPSA) is 4.93 Å². The van der Waals surface area contributed by atoms with E-state index in [1.807, 2.05) is 60.7 Å². The van der Waals surface area contributed by atoms with Gasteiger partial charge in [-0.25, -0.2) is 0 Å². The number of alkyl halides is 3. The van der Waals surface area contributed by atoms with Crippen LogP contribution in [-0.2, 0) is 12.7 Å². The zero-order chi connectivity index (χ0) is 16.4. The fourth-order valence-corrected chi connectivity index (χ4v) is 3.59. The van der Waals surface area contributed by atoms with Crippen LogP contribution in [0.3, 0.4) is 0 Å². The number of hydrogen-bond donors (Lipinski definition) is 0. The number of nitrogens with zero attached hydrogens (tertiary/aromatic N) is 1. The summed E-state index contributed by atoms with van der Waals surface area (Å²) in [6, 6.07) is 18.7. The number of halogens is 4. The molecular weight excluding hydrogens is 414 g/mol. The van der Waals surface area contributed by atoms with E-state index in [2.05, 4.69) is 0 Å². The Balaban J connectivity index is 2.14. The SMILES string of the molecule is FC(F)(F)c1cn(Cc2ccccc2)c(-c2ccccc2)c1I. The minimum absolute atomic E-state index is 0.234. The summed E-state index contributed by atoms with van der Waals surface area (Å²) in [7, 11) is 0. The predicted molar refractivity (Wildman–Crippen MR) is 93.1 cm³/mol. The van der Waals surface area contributed by atoms with E-state index in [-0.39, 0.29) is 3.57 Å². The molecule has 0 bridgehead atoms. The Labute approximate surface area is 145 Å². The van der Waals surface area contributed by atoms with E-state index in [9.17, 15) is 13.2 Å². The van der Waals surface area contributed by atoms with E-state index in [1.54, 1.807) is 27.2 Å². The molecule has 23 heavy (non-hydrogen) atoms. The molecule has 1 heterocycles. The number of rotatable bonds is 3. The molecule has 0 unspecified atom stereocenters. The van der Waals surface area contributed by atoms with E-state index in [1.165, 1.54) is 6.20 Å². The van der Waals surface area contributed by atoms with Crippen molar-refractivity contribution in [2.75, 3.05) is 0 Å². The number of benzene rings is 2. The van der Waals surface area contributed by atoms with Gasteiger partial charge in [0.1, 0.15) is 0 Å². The van der Waals surface area contributed by atoms with Crippen molar-refractivity contribution >= 4 is 22.6 Å². The molecule has 0 fully saturated rings. The van der Waals surface area contributed by atoms with Crippen molar-refractivity contribution in [2.45, 2.75) is 12.7 Å². The molecule has 0 saturated carbocycles. The summed E-state index contributed by atoms with van der Waals surface area (Å²) in [5.74, 6) is 0. The van der Waals surface area contributed by atoms with E-state index >= 15 is 0 Å². The van der Waals surface area contributed by atoms with E-state index in [0.29, 0.717) is 12.2 Å². The highest BCUT2D eigenvalue weighted by Gasteiger charge is 2.36. The highest BCUT2D eigenvalue weighted by molar-refractivity contribution is 14.1. The first-order chi connectivity index (χ1) is 11.0. The van der Waals surface area contributed by atoms with Crippen LogP contribution in [0.25, 0.3) is 11.3 Å². The summed E-state index contributed by atoms with van der Waals surface area (Å²) >= 11 is 1.79. The second-order valence-corrected chi connectivity index (χ2v) is 6.26. The third-order valence-corrected chi connectivity index (χ3v) is 4.66. The highest BCUT2D eigenvalue weighted by atomic mass is 127. The van der Waals surface area contributed by atoms with Crippen LogP contribution in [0, 0.1) is 3.57 Å². The van der Waals surface area contributed by atoms with E-state index in [0.717, 1.165) is 11.1 Å². The van der Waals surface area contributed by atoms with E-state index in [4.69, 9.17) is 0 Å². The van der Waals surface area contributed by atoms with Crippen LogP contribution < -0.4 is 0 Å². The van der Waals surface area contributed by atoms with Gasteiger partial charge in [-0.05, 0) is 33.7 Å². The van der Waals surface area contributed by atoms with Crippen LogP contribution in [0.1, 0.15) is 11.1 Å². The summed E-state index contributed by atoms with van der Waals surface area (Å²) in [5.41, 5.74) is 1.75. The van der Waals surface area contributed by atoms with Crippen LogP contribution >= 0.6 is 22.6 Å². The molecule has 1 aromatic heterocycles. The molecule has 0 aliphatic carbocycles. The molecular formula is C18H13F3IN. The van der Waals surface area contributed by atoms with Crippen molar-refractivity contribution in [1.82, 2.24) is 4.57 Å². The van der Waals surface area contributed by atoms with Gasteiger partial charge < -0.3 is 4.57 Å². The van der Waals surface area contributed by atoms with Crippen LogP contribution in [0.15, 0.2) is 66.9 Å². The third kappa shape index (κ3) is 3.44. The van der Waals surface area contributed by atoms with Gasteiger partial charge in [0, 0.05) is 12.7 Å². The first kappa shape index (κ1) is 16.1. The molecule has 0 radical (unpaired) electrons. The highest BCUT2D eigenvalue weighted by Crippen LogP contribution is 2.39. The van der Waals surface area contributed by atoms with Crippen molar-refractivity contribution in [2.24, 2.45) is 0 Å². The molecule has 0 aliphatic rings. The van der Waals surface area contributed by atoms with E-state index < -0.39 is 11.7 Å². The molecule has 118 valence electrons. The quantitative estimate of drug-likeness (QED) is 0.464. The van der Waals surface area contributed by atoms with Gasteiger partial charge in [0.05, 0.1) is 14.8 Å². The van der Waals surface area contributed by atoms with Gasteiger partial charge in [-0.15, -0.1) is 0 Å². The Morgan fingerprint density at radius 3 is 2.00 bits per heavy atom. The Hall–Kier alpha value is -1.76. The van der Waals surface area contributed by atoms with Gasteiger partial charge in [0.25, 0.3) is 0 Å². The van der Waals surface area contributed by atoms with Gasteiger partial charge in [-0.1, -0.05) is 60.7 Å². The monoisotopic (exact) mass is 427 g/mol. The first-order valence-corrected chi connectivity index (χ1v) is 8.10. The van der Waals surface area contributed by atoms with Crippen LogP contribution in [0.5, 0.6) is 0 Å². The summed E-state index contributed by atoms with van der Waals surface area (Å²) in [6.45, 7) is 0.400. The van der Waals surface area contributed by atoms with Crippen molar-refractivity contribution in [3.8, 4) is 11.3 Å². The minimum Gasteiger partial charge on any atom is -0.342 e. The lowest BCUT2D eigenvalue weighted by molar-refractivity contribution is -0.138. The molecule has 3 rings (SSSR count). The second-order valence-electron chi connectivity index (χ2n) is 5.18. The number of aromatic nitrogens is 1. The maximum atomic E-state index is 13.3. The van der Waals surface area contributed by atoms with Gasteiger partial charge in [0.2, 0.25) is 0 Å². The Morgan fingerprint density at radius 1 is 0.870 bits per heavy atom. The molecule has 5 heteroatoms. The maximum Gasteiger partial charge on any atom is 0.418 e. The third-order valence-electron chi connectivity index (χ3n) is 3.56. The number of hydrogen-bond acceptors (Lipinski definition) is 0. The fourth-order valence-electron chi connectivity index (χ4n) is 2.52. The molecule has 0 spiro atoms. The Morgan fingerprint density at radius 2 is 1.43 bits per heavy atom. The lowest BCUT2D eigenvalue weighted by Gasteiger charge is -2.10. The summed E-state index contributed by atoms with van der Waals surface area (Å²) < 4.78 is 41.7. The van der Waals surface area contributed by atoms with Gasteiger partial charge in [-0.3, -0.25) is 0 Å². The molecule has 3 aromatic rings. The smallest absolute Gasteiger partial charge is 0.342 e. The van der Waals surface area contributed by atoms with Crippen LogP contribution in [0.4, 0.5) is 13.2 Å². The largest absolute Gasteiger partial charge is 0.418 e. The Bertz CT molecular complexity index is 792. The minimum atomic E-state index is -4.36. The first-order valence-electron chi connectivity index (χ1n) is 7.02. The summed E-state index contributed by atoms with van der Waals surface area (Å²) in [5, 5.41) is 0.